The molecule has 2 aliphatic rings. The van der Waals surface area contributed by atoms with E-state index in [1.807, 2.05) is 0 Å². The smallest absolute Gasteiger partial charge is 0.248 e. The molecule has 3 atom stereocenters. The fourth-order valence-electron chi connectivity index (χ4n) is 4.27. The summed E-state index contributed by atoms with van der Waals surface area (Å²) in [5, 5.41) is 0. The largest absolute Gasteiger partial charge is 0.488 e. The number of hydrogen-bond donors (Lipinski definition) is 2. The van der Waals surface area contributed by atoms with Gasteiger partial charge in [-0.3, -0.25) is 4.79 Å². The first kappa shape index (κ1) is 14.2. The van der Waals surface area contributed by atoms with E-state index < -0.39 is 5.91 Å². The van der Waals surface area contributed by atoms with Crippen molar-refractivity contribution in [1.29, 1.82) is 0 Å². The molecule has 3 rings (SSSR count). The lowest BCUT2D eigenvalue weighted by Crippen LogP contribution is -2.39. The van der Waals surface area contributed by atoms with Gasteiger partial charge in [0.05, 0.1) is 5.69 Å². The summed E-state index contributed by atoms with van der Waals surface area (Å²) in [4.78, 5) is 11.2. The molecule has 0 saturated heterocycles. The summed E-state index contributed by atoms with van der Waals surface area (Å²) in [6, 6.07) is 5.03. The van der Waals surface area contributed by atoms with E-state index in [0.717, 1.165) is 12.3 Å². The van der Waals surface area contributed by atoms with Gasteiger partial charge in [0.2, 0.25) is 5.91 Å². The Labute approximate surface area is 125 Å². The number of primary amides is 1. The van der Waals surface area contributed by atoms with E-state index in [1.54, 1.807) is 18.2 Å². The molecule has 4 nitrogen and oxygen atoms in total. The van der Waals surface area contributed by atoms with Crippen LogP contribution in [0.5, 0.6) is 5.75 Å². The fraction of sp³-hybridized carbons (Fsp3) is 0.588. The van der Waals surface area contributed by atoms with Crippen molar-refractivity contribution in [3.05, 3.63) is 23.8 Å². The van der Waals surface area contributed by atoms with Gasteiger partial charge in [-0.15, -0.1) is 0 Å². The van der Waals surface area contributed by atoms with Crippen LogP contribution in [0.25, 0.3) is 0 Å². The zero-order valence-corrected chi connectivity index (χ0v) is 13.0. The van der Waals surface area contributed by atoms with Gasteiger partial charge in [0.15, 0.2) is 0 Å². The summed E-state index contributed by atoms with van der Waals surface area (Å²) in [6.45, 7) is 7.04. The highest BCUT2D eigenvalue weighted by molar-refractivity contribution is 5.94. The molecule has 3 unspecified atom stereocenters. The van der Waals surface area contributed by atoms with Crippen LogP contribution < -0.4 is 16.2 Å². The predicted molar refractivity (Wildman–Crippen MR) is 83.0 cm³/mol. The van der Waals surface area contributed by atoms with E-state index in [1.165, 1.54) is 12.8 Å². The van der Waals surface area contributed by atoms with Gasteiger partial charge in [0.1, 0.15) is 11.9 Å². The van der Waals surface area contributed by atoms with E-state index in [4.69, 9.17) is 16.2 Å². The van der Waals surface area contributed by atoms with E-state index in [-0.39, 0.29) is 11.5 Å². The maximum Gasteiger partial charge on any atom is 0.248 e. The summed E-state index contributed by atoms with van der Waals surface area (Å²) in [5.41, 5.74) is 12.7. The molecule has 0 radical (unpaired) electrons. The van der Waals surface area contributed by atoms with Crippen molar-refractivity contribution < 1.29 is 9.53 Å². The molecule has 2 bridgehead atoms. The number of anilines is 1. The highest BCUT2D eigenvalue weighted by Gasteiger charge is 2.62. The normalized spacial score (nSPS) is 33.1. The van der Waals surface area contributed by atoms with Crippen LogP contribution >= 0.6 is 0 Å². The number of rotatable bonds is 3. The van der Waals surface area contributed by atoms with Gasteiger partial charge in [-0.2, -0.15) is 0 Å². The summed E-state index contributed by atoms with van der Waals surface area (Å²) in [6.07, 6.45) is 3.77. The standard InChI is InChI=1S/C17H24N2O2/c1-16(2)11-6-7-17(16,3)14(9-11)21-13-5-4-10(15(19)20)8-12(13)18/h4-5,8,11,14H,6-7,9,18H2,1-3H3,(H2,19,20). The maximum absolute atomic E-state index is 11.2. The molecule has 0 spiro atoms. The molecule has 4 N–H and O–H groups in total. The van der Waals surface area contributed by atoms with Crippen LogP contribution in [-0.2, 0) is 0 Å². The lowest BCUT2D eigenvalue weighted by Gasteiger charge is -2.39. The Kier molecular flexibility index (Phi) is 2.98. The van der Waals surface area contributed by atoms with Crippen molar-refractivity contribution in [3.8, 4) is 5.75 Å². The first-order valence-corrected chi connectivity index (χ1v) is 7.61. The Bertz CT molecular complexity index is 596. The molecule has 0 heterocycles. The Morgan fingerprint density at radius 1 is 1.33 bits per heavy atom. The molecule has 114 valence electrons. The number of nitrogens with two attached hydrogens (primary N) is 2. The molecule has 1 aromatic rings. The van der Waals surface area contributed by atoms with Crippen molar-refractivity contribution in [1.82, 2.24) is 0 Å². The van der Waals surface area contributed by atoms with Gasteiger partial charge >= 0.3 is 0 Å². The van der Waals surface area contributed by atoms with Crippen LogP contribution in [-0.4, -0.2) is 12.0 Å². The van der Waals surface area contributed by atoms with Crippen LogP contribution in [0, 0.1) is 16.7 Å². The molecule has 2 fully saturated rings. The highest BCUT2D eigenvalue weighted by atomic mass is 16.5. The van der Waals surface area contributed by atoms with Crippen LogP contribution in [0.4, 0.5) is 5.69 Å². The van der Waals surface area contributed by atoms with E-state index in [9.17, 15) is 4.79 Å². The number of ether oxygens (including phenoxy) is 1. The predicted octanol–water partition coefficient (Wildman–Crippen LogP) is 2.96. The van der Waals surface area contributed by atoms with Crippen molar-refractivity contribution in [2.24, 2.45) is 22.5 Å². The molecule has 2 saturated carbocycles. The topological polar surface area (TPSA) is 78.3 Å². The molecule has 0 aromatic heterocycles. The highest BCUT2D eigenvalue weighted by Crippen LogP contribution is 2.66. The second-order valence-corrected chi connectivity index (χ2v) is 7.33. The van der Waals surface area contributed by atoms with Crippen molar-refractivity contribution in [2.75, 3.05) is 5.73 Å². The Hall–Kier alpha value is -1.71. The average Bonchev–Trinajstić information content (AvgIpc) is 2.74. The summed E-state index contributed by atoms with van der Waals surface area (Å²) in [5.74, 6) is 0.912. The van der Waals surface area contributed by atoms with E-state index in [0.29, 0.717) is 22.4 Å². The van der Waals surface area contributed by atoms with Crippen molar-refractivity contribution in [2.45, 2.75) is 46.1 Å². The van der Waals surface area contributed by atoms with Crippen LogP contribution in [0.3, 0.4) is 0 Å². The first-order chi connectivity index (χ1) is 9.75. The summed E-state index contributed by atoms with van der Waals surface area (Å²) >= 11 is 0. The van der Waals surface area contributed by atoms with E-state index >= 15 is 0 Å². The average molecular weight is 288 g/mol. The Balaban J connectivity index is 1.84. The number of amides is 1. The minimum atomic E-state index is -0.471. The monoisotopic (exact) mass is 288 g/mol. The number of carbonyl (C=O) groups excluding carboxylic acids is 1. The second-order valence-electron chi connectivity index (χ2n) is 7.33. The molecular formula is C17H24N2O2. The SMILES string of the molecule is CC1(C)C2CCC1(C)C(Oc1ccc(C(N)=O)cc1N)C2. The quantitative estimate of drug-likeness (QED) is 0.839. The molecule has 21 heavy (non-hydrogen) atoms. The van der Waals surface area contributed by atoms with Gasteiger partial charge in [-0.1, -0.05) is 20.8 Å². The van der Waals surface area contributed by atoms with Gasteiger partial charge in [-0.25, -0.2) is 0 Å². The second kappa shape index (κ2) is 4.39. The molecule has 0 aliphatic heterocycles. The summed E-state index contributed by atoms with van der Waals surface area (Å²) < 4.78 is 6.24. The van der Waals surface area contributed by atoms with Gasteiger partial charge in [-0.05, 0) is 48.8 Å². The Morgan fingerprint density at radius 3 is 2.52 bits per heavy atom. The van der Waals surface area contributed by atoms with Gasteiger partial charge in [0, 0.05) is 11.0 Å². The molecular weight excluding hydrogens is 264 g/mol. The Morgan fingerprint density at radius 2 is 2.05 bits per heavy atom. The first-order valence-electron chi connectivity index (χ1n) is 7.61. The number of benzene rings is 1. The number of fused-ring (bicyclic) bond motifs is 2. The zero-order chi connectivity index (χ0) is 15.4. The number of hydrogen-bond acceptors (Lipinski definition) is 3. The molecule has 2 aliphatic carbocycles. The fourth-order valence-corrected chi connectivity index (χ4v) is 4.27. The summed E-state index contributed by atoms with van der Waals surface area (Å²) in [7, 11) is 0. The van der Waals surface area contributed by atoms with Gasteiger partial charge in [0.25, 0.3) is 0 Å². The molecule has 1 aromatic carbocycles. The van der Waals surface area contributed by atoms with E-state index in [2.05, 4.69) is 20.8 Å². The number of nitrogen functional groups attached to an aromatic ring is 1. The maximum atomic E-state index is 11.2. The van der Waals surface area contributed by atoms with Crippen LogP contribution in [0.15, 0.2) is 18.2 Å². The zero-order valence-electron chi connectivity index (χ0n) is 13.0. The van der Waals surface area contributed by atoms with Crippen LogP contribution in [0.1, 0.15) is 50.4 Å². The third kappa shape index (κ3) is 1.92. The minimum Gasteiger partial charge on any atom is -0.488 e. The third-order valence-corrected chi connectivity index (χ3v) is 6.28. The lowest BCUT2D eigenvalue weighted by atomic mass is 9.70. The number of carbonyl (C=O) groups is 1. The molecule has 1 amide bonds. The lowest BCUT2D eigenvalue weighted by molar-refractivity contribution is 0.0306. The van der Waals surface area contributed by atoms with Crippen molar-refractivity contribution in [3.63, 3.8) is 0 Å². The van der Waals surface area contributed by atoms with Gasteiger partial charge < -0.3 is 16.2 Å². The third-order valence-electron chi connectivity index (χ3n) is 6.28. The van der Waals surface area contributed by atoms with Crippen molar-refractivity contribution >= 4 is 11.6 Å². The molecule has 4 heteroatoms. The van der Waals surface area contributed by atoms with Crippen LogP contribution in [0.2, 0.25) is 0 Å². The minimum absolute atomic E-state index is 0.187.